The number of hydrogen-bond acceptors (Lipinski definition) is 59. The van der Waals surface area contributed by atoms with Crippen molar-refractivity contribution < 1.29 is 263 Å². The molecule has 668 valence electrons. The molecule has 0 amide bonds. The van der Waals surface area contributed by atoms with Gasteiger partial charge in [-0.15, -0.1) is 0 Å². The molecule has 0 spiro atoms. The minimum atomic E-state index is -5.01. The SMILES string of the molecule is CCCC[Si](C)(C)O[Si](C)(C)[Si](=O)[Si](=O)[Si](=O)[Si](=O)[Si](=O)[Si](=O)[Si](=O)[Si](=O)[Si](=O)[Si](=O)[Si](=O)[Si](=O)[Si](=O)[Si](=O)[Si](=O)[Si](=O)[Si](=O)[Si](=O)[Si](=O)[Si](=O)[Si](=O)[Si](=O)[Si](=O)[Si](=O)[Si](=O)[Si](=O)[Si](=O)[Si](=O)[Si](=O)[Si](=O)[Si](=O)[Si](=O)[Si](=O)[Si](=O)[Si](=O)[Si](=O)[Si](=O)[Si](=O)[Si](=O)[Si](=O)[Si](=O)[Si](=O)[Si](=O)[Si](=O)[Si](=O)[Si](=O)[Si](=O)[Si](=O)[Si](=O)[Si](=O)[Si](=O)[Si](=O)[Si](=O)[Si](=O)[Si](=O)[Si](=O)[Si](=O)[SiH2]O[SiH](C)C. The van der Waals surface area contributed by atoms with E-state index in [9.17, 15) is 254 Å². The van der Waals surface area contributed by atoms with Gasteiger partial charge in [0.2, 0.25) is 17.1 Å². The van der Waals surface area contributed by atoms with Crippen LogP contribution in [0, 0.1) is 0 Å². The highest BCUT2D eigenvalue weighted by molar-refractivity contribution is 7.89. The Morgan fingerprint density at radius 3 is 0.400 bits per heavy atom. The minimum Gasteiger partial charge on any atom is -0.460 e. The molecule has 0 saturated carbocycles. The summed E-state index contributed by atoms with van der Waals surface area (Å²) < 4.78 is 747. The molecular formula is C10H30O59Si61. The van der Waals surface area contributed by atoms with Crippen LogP contribution in [0.2, 0.25) is 45.3 Å². The van der Waals surface area contributed by atoms with Crippen molar-refractivity contribution in [1.82, 2.24) is 0 Å². The molecule has 0 aromatic heterocycles. The van der Waals surface area contributed by atoms with Crippen molar-refractivity contribution in [1.29, 1.82) is 0 Å². The molecule has 0 aliphatic heterocycles. The Hall–Kier alpha value is 1.75. The average molecular weight is 2810 g/mol. The van der Waals surface area contributed by atoms with Crippen LogP contribution in [0.5, 0.6) is 0 Å². The molecule has 0 aliphatic rings. The summed E-state index contributed by atoms with van der Waals surface area (Å²) in [5.41, 5.74) is 0. The molecule has 0 radical (unpaired) electrons. The normalized spacial score (nSPS) is 10.5. The molecule has 0 atom stereocenters. The fourth-order valence-corrected chi connectivity index (χ4v) is 722. The Morgan fingerprint density at radius 1 is 0.185 bits per heavy atom. The van der Waals surface area contributed by atoms with E-state index < -0.39 is 474 Å². The maximum Gasteiger partial charge on any atom is 0.381 e. The summed E-state index contributed by atoms with van der Waals surface area (Å²) >= 11 is 0. The van der Waals surface area contributed by atoms with Crippen molar-refractivity contribution in [3.8, 4) is 0 Å². The second kappa shape index (κ2) is 58.6. The van der Waals surface area contributed by atoms with Gasteiger partial charge < -0.3 is 263 Å². The second-order valence-electron chi connectivity index (χ2n) is 24.7. The average Bonchev–Trinajstić information content (AvgIpc) is 0.808. The first-order valence-corrected chi connectivity index (χ1v) is 181. The fraction of sp³-hybridized carbons (Fsp3) is 1.00. The molecule has 120 heteroatoms. The zero-order valence-electron chi connectivity index (χ0n) is 64.0. The van der Waals surface area contributed by atoms with Gasteiger partial charge in [-0.3, -0.25) is 0 Å². The van der Waals surface area contributed by atoms with Crippen LogP contribution in [0.3, 0.4) is 0 Å². The second-order valence-corrected chi connectivity index (χ2v) is 321. The van der Waals surface area contributed by atoms with Crippen molar-refractivity contribution >= 4 is 474 Å². The summed E-state index contributed by atoms with van der Waals surface area (Å²) in [6, 6.07) is 0.555. The van der Waals surface area contributed by atoms with Crippen LogP contribution in [0.15, 0.2) is 0 Å². The molecule has 0 N–H and O–H groups in total. The zero-order valence-corrected chi connectivity index (χ0v) is 126. The highest BCUT2D eigenvalue weighted by atomic mass is 30.2. The Kier molecular flexibility index (Phi) is 59.4. The van der Waals surface area contributed by atoms with Crippen LogP contribution < -0.4 is 0 Å². The molecule has 0 unspecified atom stereocenters. The summed E-state index contributed by atoms with van der Waals surface area (Å²) in [6.07, 6.45) is 1.43. The van der Waals surface area contributed by atoms with E-state index in [1.165, 1.54) is 13.1 Å². The van der Waals surface area contributed by atoms with Crippen molar-refractivity contribution in [2.45, 2.75) is 65.1 Å². The Bertz CT molecular complexity index is 5930. The summed E-state index contributed by atoms with van der Waals surface area (Å²) in [5, 5.41) is 0. The highest BCUT2D eigenvalue weighted by Gasteiger charge is 2.63. The fourth-order valence-electron chi connectivity index (χ4n) is 7.67. The summed E-state index contributed by atoms with van der Waals surface area (Å²) in [6.45, 7) is 11.3. The van der Waals surface area contributed by atoms with E-state index in [0.29, 0.717) is 12.5 Å². The van der Waals surface area contributed by atoms with Crippen LogP contribution in [0.4, 0.5) is 0 Å². The third-order valence-corrected chi connectivity index (χ3v) is 488. The van der Waals surface area contributed by atoms with E-state index in [4.69, 9.17) is 8.23 Å². The number of unbranched alkanes of at least 4 members (excludes halogenated alkanes) is 1. The van der Waals surface area contributed by atoms with E-state index in [1.54, 1.807) is 26.2 Å². The third kappa shape index (κ3) is 35.0. The summed E-state index contributed by atoms with van der Waals surface area (Å²) in [5.74, 6) is 0. The van der Waals surface area contributed by atoms with Crippen molar-refractivity contribution in [3.05, 3.63) is 0 Å². The lowest BCUT2D eigenvalue weighted by atomic mass is 10.4. The van der Waals surface area contributed by atoms with Gasteiger partial charge in [-0.1, -0.05) is 19.8 Å². The van der Waals surface area contributed by atoms with E-state index in [1.807, 2.05) is 6.92 Å². The van der Waals surface area contributed by atoms with Gasteiger partial charge in [0.05, 0.1) is 0 Å². The Labute approximate surface area is 791 Å². The minimum absolute atomic E-state index is 0.555. The molecule has 0 aromatic carbocycles. The van der Waals surface area contributed by atoms with Gasteiger partial charge in [0, 0.05) is 0 Å². The lowest BCUT2D eigenvalue weighted by Crippen LogP contribution is -2.60. The first kappa shape index (κ1) is 132. The molecule has 0 aromatic rings. The van der Waals surface area contributed by atoms with Crippen LogP contribution in [0.1, 0.15) is 19.8 Å². The van der Waals surface area contributed by atoms with Crippen molar-refractivity contribution in [2.75, 3.05) is 0 Å². The topological polar surface area (TPSA) is 991 Å². The van der Waals surface area contributed by atoms with E-state index in [2.05, 4.69) is 0 Å². The highest BCUT2D eigenvalue weighted by Crippen LogP contribution is 2.21. The van der Waals surface area contributed by atoms with E-state index in [-0.39, 0.29) is 0 Å². The van der Waals surface area contributed by atoms with Crippen molar-refractivity contribution in [3.63, 3.8) is 0 Å². The smallest absolute Gasteiger partial charge is 0.381 e. The van der Waals surface area contributed by atoms with Gasteiger partial charge in [-0.2, -0.15) is 0 Å². The lowest BCUT2D eigenvalue weighted by Gasteiger charge is -2.31. The predicted octanol–water partition coefficient (Wildman–Crippen LogP) is -25.7. The van der Waals surface area contributed by atoms with Crippen LogP contribution in [0.25, 0.3) is 0 Å². The number of hydrogen-bond donors (Lipinski definition) is 0. The number of rotatable bonds is 65. The van der Waals surface area contributed by atoms with Crippen LogP contribution in [-0.2, 0) is 263 Å². The van der Waals surface area contributed by atoms with Gasteiger partial charge in [0.15, 0.2) is 17.4 Å². The molecule has 130 heavy (non-hydrogen) atoms. The van der Waals surface area contributed by atoms with Crippen LogP contribution in [-0.4, -0.2) is 474 Å². The standard InChI is InChI=1S/C10H30O59Si61/c1-8-9-10-129(4,5)69-130(6,7)128(67)127(66)126(65)125(64)124(63)123(62)122(61)121(60)120(59)119(58)118(57)117(56)116(55)115(54)114(53)113(52)112(51)111(50)110(49)109(48)108(47)107(46)106(45)105(44)104(43)103(42)102(41)101(40)100(39)99(38)98(37)97(36)96(35)95(34)94(33)93(32)92(31)91(30)90(29)89(28)88(27)87(26)86(25)85(24)84(23)83(22)82(21)81(20)80(19)79(18)78(17)77(16)76(15)75(14)74(13)73(12)72(11)70-68-71(2)3/h71H,8-10,70H2,1-7H3. The third-order valence-electron chi connectivity index (χ3n) is 14.4. The molecule has 0 heterocycles. The molecule has 0 bridgehead atoms. The maximum atomic E-state index is 13.3. The predicted molar refractivity (Wildman–Crippen MR) is 451 cm³/mol. The van der Waals surface area contributed by atoms with Gasteiger partial charge in [-0.25, -0.2) is 0 Å². The van der Waals surface area contributed by atoms with Crippen LogP contribution >= 0.6 is 0 Å². The summed E-state index contributed by atoms with van der Waals surface area (Å²) in [4.78, 5) is 0. The molecular weight excluding hydrogens is 2780 g/mol. The van der Waals surface area contributed by atoms with Gasteiger partial charge in [-0.05, 0) is 45.3 Å². The monoisotopic (exact) mass is 2800 g/mol. The maximum absolute atomic E-state index is 13.3. The Balaban J connectivity index is 6.07. The zero-order chi connectivity index (χ0) is 103. The first-order valence-electron chi connectivity index (χ1n) is 32.4. The largest absolute Gasteiger partial charge is 0.460 e. The molecule has 0 rings (SSSR count). The molecule has 0 saturated heterocycles. The lowest BCUT2D eigenvalue weighted by molar-refractivity contribution is 0.526. The Morgan fingerprint density at radius 2 is 0.292 bits per heavy atom. The molecule has 59 nitrogen and oxygen atoms in total. The quantitative estimate of drug-likeness (QED) is 0.0510. The van der Waals surface area contributed by atoms with Gasteiger partial charge >= 0.3 is 440 Å². The van der Waals surface area contributed by atoms with Crippen molar-refractivity contribution in [2.24, 2.45) is 0 Å². The van der Waals surface area contributed by atoms with Gasteiger partial charge in [0.1, 0.15) is 0 Å². The van der Waals surface area contributed by atoms with E-state index >= 15 is 0 Å². The summed E-state index contributed by atoms with van der Waals surface area (Å²) in [7, 11) is -280. The molecule has 0 fully saturated rings. The molecule has 0 aliphatic carbocycles. The van der Waals surface area contributed by atoms with Gasteiger partial charge in [0.25, 0.3) is 0 Å². The first-order chi connectivity index (χ1) is 59.1. The van der Waals surface area contributed by atoms with E-state index in [0.717, 1.165) is 6.42 Å².